The molecule has 0 radical (unpaired) electrons. The van der Waals surface area contributed by atoms with E-state index in [-0.39, 0.29) is 5.91 Å². The standard InChI is InChI=1S/C12H15NO/c1-3-13-12(14)10(2)9-11-7-5-4-6-8-11/h4-8H,2-3,9H2,1H3,(H,13,14). The van der Waals surface area contributed by atoms with Crippen molar-refractivity contribution in [3.63, 3.8) is 0 Å². The van der Waals surface area contributed by atoms with Gasteiger partial charge in [0.25, 0.3) is 0 Å². The molecule has 0 saturated carbocycles. The fraction of sp³-hybridized carbons (Fsp3) is 0.250. The summed E-state index contributed by atoms with van der Waals surface area (Å²) in [5.41, 5.74) is 1.72. The van der Waals surface area contributed by atoms with Crippen LogP contribution in [0.25, 0.3) is 0 Å². The Labute approximate surface area is 84.6 Å². The van der Waals surface area contributed by atoms with Crippen molar-refractivity contribution in [3.05, 3.63) is 48.0 Å². The Morgan fingerprint density at radius 3 is 2.57 bits per heavy atom. The number of carbonyl (C=O) groups excluding carboxylic acids is 1. The Hall–Kier alpha value is -1.57. The van der Waals surface area contributed by atoms with E-state index >= 15 is 0 Å². The summed E-state index contributed by atoms with van der Waals surface area (Å²) in [6.45, 7) is 6.30. The first-order valence-electron chi connectivity index (χ1n) is 4.74. The second-order valence-corrected chi connectivity index (χ2v) is 3.13. The first kappa shape index (κ1) is 10.5. The molecule has 1 amide bonds. The number of rotatable bonds is 4. The normalized spacial score (nSPS) is 9.50. The van der Waals surface area contributed by atoms with Crippen molar-refractivity contribution in [2.75, 3.05) is 6.54 Å². The highest BCUT2D eigenvalue weighted by Gasteiger charge is 2.05. The molecule has 0 aliphatic heterocycles. The molecule has 0 aliphatic rings. The van der Waals surface area contributed by atoms with Crippen LogP contribution in [0.4, 0.5) is 0 Å². The van der Waals surface area contributed by atoms with Crippen molar-refractivity contribution < 1.29 is 4.79 Å². The molecule has 1 aromatic carbocycles. The van der Waals surface area contributed by atoms with Crippen LogP contribution in [0.2, 0.25) is 0 Å². The van der Waals surface area contributed by atoms with Crippen molar-refractivity contribution in [2.24, 2.45) is 0 Å². The molecule has 0 bridgehead atoms. The van der Waals surface area contributed by atoms with Gasteiger partial charge in [0.05, 0.1) is 0 Å². The second-order valence-electron chi connectivity index (χ2n) is 3.13. The predicted molar refractivity (Wildman–Crippen MR) is 58.0 cm³/mol. The molecular formula is C12H15NO. The van der Waals surface area contributed by atoms with Gasteiger partial charge < -0.3 is 5.32 Å². The van der Waals surface area contributed by atoms with Crippen molar-refractivity contribution >= 4 is 5.91 Å². The number of nitrogens with one attached hydrogen (secondary N) is 1. The fourth-order valence-electron chi connectivity index (χ4n) is 1.21. The SMILES string of the molecule is C=C(Cc1ccccc1)C(=O)NCC. The van der Waals surface area contributed by atoms with E-state index in [0.29, 0.717) is 18.5 Å². The first-order chi connectivity index (χ1) is 6.74. The Bertz CT molecular complexity index is 316. The lowest BCUT2D eigenvalue weighted by Crippen LogP contribution is -2.24. The maximum Gasteiger partial charge on any atom is 0.246 e. The summed E-state index contributed by atoms with van der Waals surface area (Å²) in [7, 11) is 0. The van der Waals surface area contributed by atoms with Gasteiger partial charge in [0.1, 0.15) is 0 Å². The lowest BCUT2D eigenvalue weighted by Gasteiger charge is -2.05. The smallest absolute Gasteiger partial charge is 0.246 e. The molecule has 14 heavy (non-hydrogen) atoms. The molecule has 1 N–H and O–H groups in total. The molecule has 0 heterocycles. The molecule has 1 aromatic rings. The summed E-state index contributed by atoms with van der Waals surface area (Å²) < 4.78 is 0. The summed E-state index contributed by atoms with van der Waals surface area (Å²) in [5.74, 6) is -0.0589. The zero-order valence-corrected chi connectivity index (χ0v) is 8.42. The van der Waals surface area contributed by atoms with Crippen LogP contribution in [-0.4, -0.2) is 12.5 Å². The van der Waals surface area contributed by atoms with Gasteiger partial charge >= 0.3 is 0 Å². The lowest BCUT2D eigenvalue weighted by molar-refractivity contribution is -0.117. The second kappa shape index (κ2) is 5.22. The summed E-state index contributed by atoms with van der Waals surface area (Å²) in [6.07, 6.45) is 0.618. The Morgan fingerprint density at radius 2 is 2.00 bits per heavy atom. The topological polar surface area (TPSA) is 29.1 Å². The van der Waals surface area contributed by atoms with E-state index in [9.17, 15) is 4.79 Å². The van der Waals surface area contributed by atoms with Crippen molar-refractivity contribution in [1.29, 1.82) is 0 Å². The molecule has 0 aromatic heterocycles. The van der Waals surface area contributed by atoms with Gasteiger partial charge in [-0.1, -0.05) is 36.9 Å². The third-order valence-electron chi connectivity index (χ3n) is 1.92. The molecule has 0 unspecified atom stereocenters. The third kappa shape index (κ3) is 3.05. The minimum Gasteiger partial charge on any atom is -0.353 e. The Morgan fingerprint density at radius 1 is 1.36 bits per heavy atom. The van der Waals surface area contributed by atoms with E-state index in [4.69, 9.17) is 0 Å². The van der Waals surface area contributed by atoms with Crippen LogP contribution in [0.1, 0.15) is 12.5 Å². The van der Waals surface area contributed by atoms with Crippen molar-refractivity contribution in [1.82, 2.24) is 5.32 Å². The molecule has 0 fully saturated rings. The average molecular weight is 189 g/mol. The number of benzene rings is 1. The third-order valence-corrected chi connectivity index (χ3v) is 1.92. The number of hydrogen-bond acceptors (Lipinski definition) is 1. The van der Waals surface area contributed by atoms with Crippen molar-refractivity contribution in [3.8, 4) is 0 Å². The van der Waals surface area contributed by atoms with Crippen LogP contribution in [0.5, 0.6) is 0 Å². The van der Waals surface area contributed by atoms with Gasteiger partial charge in [0.2, 0.25) is 5.91 Å². The molecule has 2 nitrogen and oxygen atoms in total. The van der Waals surface area contributed by atoms with Crippen LogP contribution >= 0.6 is 0 Å². The molecule has 0 atom stereocenters. The van der Waals surface area contributed by atoms with E-state index in [1.54, 1.807) is 0 Å². The summed E-state index contributed by atoms with van der Waals surface area (Å²) >= 11 is 0. The molecule has 0 saturated heterocycles. The highest BCUT2D eigenvalue weighted by Crippen LogP contribution is 2.05. The Balaban J connectivity index is 2.53. The minimum atomic E-state index is -0.0589. The number of hydrogen-bond donors (Lipinski definition) is 1. The van der Waals surface area contributed by atoms with Crippen LogP contribution in [0.3, 0.4) is 0 Å². The van der Waals surface area contributed by atoms with E-state index in [2.05, 4.69) is 11.9 Å². The van der Waals surface area contributed by atoms with Crippen LogP contribution in [-0.2, 0) is 11.2 Å². The lowest BCUT2D eigenvalue weighted by atomic mass is 10.1. The zero-order chi connectivity index (χ0) is 10.4. The van der Waals surface area contributed by atoms with E-state index in [1.165, 1.54) is 0 Å². The van der Waals surface area contributed by atoms with E-state index < -0.39 is 0 Å². The molecule has 2 heteroatoms. The molecule has 0 spiro atoms. The fourth-order valence-corrected chi connectivity index (χ4v) is 1.21. The predicted octanol–water partition coefficient (Wildman–Crippen LogP) is 1.92. The van der Waals surface area contributed by atoms with Crippen LogP contribution < -0.4 is 5.32 Å². The van der Waals surface area contributed by atoms with Crippen molar-refractivity contribution in [2.45, 2.75) is 13.3 Å². The van der Waals surface area contributed by atoms with Gasteiger partial charge in [-0.15, -0.1) is 0 Å². The van der Waals surface area contributed by atoms with Crippen LogP contribution in [0, 0.1) is 0 Å². The van der Waals surface area contributed by atoms with Crippen LogP contribution in [0.15, 0.2) is 42.5 Å². The largest absolute Gasteiger partial charge is 0.353 e. The van der Waals surface area contributed by atoms with Gasteiger partial charge in [0, 0.05) is 18.5 Å². The highest BCUT2D eigenvalue weighted by molar-refractivity contribution is 5.93. The molecule has 1 rings (SSSR count). The minimum absolute atomic E-state index is 0.0589. The molecular weight excluding hydrogens is 174 g/mol. The number of carbonyl (C=O) groups is 1. The number of likely N-dealkylation sites (N-methyl/N-ethyl adjacent to an activating group) is 1. The summed E-state index contributed by atoms with van der Waals surface area (Å²) in [4.78, 5) is 11.3. The van der Waals surface area contributed by atoms with Gasteiger partial charge in [0.15, 0.2) is 0 Å². The summed E-state index contributed by atoms with van der Waals surface area (Å²) in [5, 5.41) is 2.73. The summed E-state index contributed by atoms with van der Waals surface area (Å²) in [6, 6.07) is 9.86. The quantitative estimate of drug-likeness (QED) is 0.720. The maximum absolute atomic E-state index is 11.3. The number of amides is 1. The van der Waals surface area contributed by atoms with E-state index in [0.717, 1.165) is 5.56 Å². The van der Waals surface area contributed by atoms with E-state index in [1.807, 2.05) is 37.3 Å². The van der Waals surface area contributed by atoms with Gasteiger partial charge in [-0.3, -0.25) is 4.79 Å². The maximum atomic E-state index is 11.3. The molecule has 74 valence electrons. The van der Waals surface area contributed by atoms with Gasteiger partial charge in [-0.2, -0.15) is 0 Å². The first-order valence-corrected chi connectivity index (χ1v) is 4.74. The van der Waals surface area contributed by atoms with Gasteiger partial charge in [-0.25, -0.2) is 0 Å². The zero-order valence-electron chi connectivity index (χ0n) is 8.42. The average Bonchev–Trinajstić information content (AvgIpc) is 2.19. The Kier molecular flexibility index (Phi) is 3.92. The monoisotopic (exact) mass is 189 g/mol. The van der Waals surface area contributed by atoms with Gasteiger partial charge in [-0.05, 0) is 12.5 Å². The molecule has 0 aliphatic carbocycles. The highest BCUT2D eigenvalue weighted by atomic mass is 16.1.